The van der Waals surface area contributed by atoms with Crippen molar-refractivity contribution in [3.8, 4) is 0 Å². The highest BCUT2D eigenvalue weighted by molar-refractivity contribution is 5.75. The van der Waals surface area contributed by atoms with Crippen LogP contribution in [-0.4, -0.2) is 23.3 Å². The van der Waals surface area contributed by atoms with Crippen molar-refractivity contribution >= 4 is 6.03 Å². The number of carbonyl (C=O) groups is 1. The number of hydrogen-bond acceptors (Lipinski definition) is 2. The lowest BCUT2D eigenvalue weighted by Gasteiger charge is -2.40. The summed E-state index contributed by atoms with van der Waals surface area (Å²) in [7, 11) is 0. The number of carbonyl (C=O) groups excluding carboxylic acids is 1. The SMILES string of the molecule is CC1(C)C[C@@H](O)[C@H](NC(=O)NC2CCCCCCCCC2)c2ccccc21. The third kappa shape index (κ3) is 5.25. The molecule has 0 saturated heterocycles. The first-order valence-corrected chi connectivity index (χ1v) is 10.8. The normalized spacial score (nSPS) is 26.6. The Morgan fingerprint density at radius 3 is 2.22 bits per heavy atom. The van der Waals surface area contributed by atoms with Gasteiger partial charge in [-0.25, -0.2) is 4.79 Å². The minimum Gasteiger partial charge on any atom is -0.391 e. The Hall–Kier alpha value is -1.55. The molecular formula is C23H36N2O2. The highest BCUT2D eigenvalue weighted by Crippen LogP contribution is 2.41. The molecular weight excluding hydrogens is 336 g/mol. The zero-order valence-electron chi connectivity index (χ0n) is 17.0. The summed E-state index contributed by atoms with van der Waals surface area (Å²) in [6, 6.07) is 7.94. The summed E-state index contributed by atoms with van der Waals surface area (Å²) in [6.45, 7) is 4.32. The fourth-order valence-corrected chi connectivity index (χ4v) is 4.84. The van der Waals surface area contributed by atoms with Crippen molar-refractivity contribution in [1.82, 2.24) is 10.6 Å². The first-order valence-electron chi connectivity index (χ1n) is 10.8. The van der Waals surface area contributed by atoms with Crippen LogP contribution in [-0.2, 0) is 5.41 Å². The van der Waals surface area contributed by atoms with E-state index >= 15 is 0 Å². The first kappa shape index (κ1) is 20.2. The maximum Gasteiger partial charge on any atom is 0.315 e. The van der Waals surface area contributed by atoms with Gasteiger partial charge in [-0.05, 0) is 35.8 Å². The van der Waals surface area contributed by atoms with Gasteiger partial charge in [-0.2, -0.15) is 0 Å². The average molecular weight is 373 g/mol. The van der Waals surface area contributed by atoms with Crippen LogP contribution in [0.25, 0.3) is 0 Å². The monoisotopic (exact) mass is 372 g/mol. The molecule has 2 atom stereocenters. The quantitative estimate of drug-likeness (QED) is 0.687. The number of hydrogen-bond donors (Lipinski definition) is 3. The van der Waals surface area contributed by atoms with E-state index in [4.69, 9.17) is 0 Å². The van der Waals surface area contributed by atoms with Gasteiger partial charge in [0.05, 0.1) is 12.1 Å². The number of nitrogens with one attached hydrogen (secondary N) is 2. The molecule has 0 radical (unpaired) electrons. The molecule has 1 fully saturated rings. The number of aliphatic hydroxyl groups excluding tert-OH is 1. The molecule has 0 aliphatic heterocycles. The minimum absolute atomic E-state index is 0.0824. The van der Waals surface area contributed by atoms with E-state index in [0.29, 0.717) is 6.42 Å². The summed E-state index contributed by atoms with van der Waals surface area (Å²) in [6.07, 6.45) is 11.1. The van der Waals surface area contributed by atoms with Gasteiger partial charge in [-0.3, -0.25) is 0 Å². The molecule has 1 aromatic carbocycles. The van der Waals surface area contributed by atoms with Crippen LogP contribution in [0.1, 0.15) is 95.2 Å². The standard InChI is InChI=1S/C23H36N2O2/c1-23(2)16-20(26)21(18-14-10-11-15-19(18)23)25-22(27)24-17-12-8-6-4-3-5-7-9-13-17/h10-11,14-15,17,20-21,26H,3-9,12-13,16H2,1-2H3,(H2,24,25,27)/t20-,21-/m1/s1. The maximum atomic E-state index is 12.7. The van der Waals surface area contributed by atoms with E-state index < -0.39 is 6.10 Å². The molecule has 0 unspecified atom stereocenters. The smallest absolute Gasteiger partial charge is 0.315 e. The summed E-state index contributed by atoms with van der Waals surface area (Å²) in [5.41, 5.74) is 2.18. The van der Waals surface area contributed by atoms with Crippen molar-refractivity contribution in [2.24, 2.45) is 0 Å². The molecule has 27 heavy (non-hydrogen) atoms. The van der Waals surface area contributed by atoms with E-state index in [-0.39, 0.29) is 23.5 Å². The van der Waals surface area contributed by atoms with Crippen LogP contribution in [0.4, 0.5) is 4.79 Å². The number of urea groups is 1. The molecule has 2 amide bonds. The maximum absolute atomic E-state index is 12.7. The Labute approximate surface area is 164 Å². The fourth-order valence-electron chi connectivity index (χ4n) is 4.84. The highest BCUT2D eigenvalue weighted by atomic mass is 16.3. The average Bonchev–Trinajstić information content (AvgIpc) is 2.64. The van der Waals surface area contributed by atoms with Gasteiger partial charge in [0.1, 0.15) is 0 Å². The molecule has 4 heteroatoms. The predicted octanol–water partition coefficient (Wildman–Crippen LogP) is 4.96. The van der Waals surface area contributed by atoms with Crippen LogP contribution >= 0.6 is 0 Å². The Morgan fingerprint density at radius 1 is 0.963 bits per heavy atom. The van der Waals surface area contributed by atoms with E-state index in [1.54, 1.807) is 0 Å². The second kappa shape index (κ2) is 9.09. The van der Waals surface area contributed by atoms with Gasteiger partial charge >= 0.3 is 6.03 Å². The van der Waals surface area contributed by atoms with E-state index in [2.05, 4.69) is 30.5 Å². The largest absolute Gasteiger partial charge is 0.391 e. The van der Waals surface area contributed by atoms with Crippen molar-refractivity contribution in [1.29, 1.82) is 0 Å². The number of benzene rings is 1. The highest BCUT2D eigenvalue weighted by Gasteiger charge is 2.39. The molecule has 3 rings (SSSR count). The van der Waals surface area contributed by atoms with Crippen molar-refractivity contribution in [2.75, 3.05) is 0 Å². The summed E-state index contributed by atoms with van der Waals surface area (Å²) in [4.78, 5) is 12.7. The molecule has 1 aromatic rings. The summed E-state index contributed by atoms with van der Waals surface area (Å²) in [5.74, 6) is 0. The van der Waals surface area contributed by atoms with Gasteiger partial charge in [0.25, 0.3) is 0 Å². The number of fused-ring (bicyclic) bond motifs is 1. The second-order valence-corrected chi connectivity index (χ2v) is 9.09. The number of rotatable bonds is 2. The van der Waals surface area contributed by atoms with Crippen LogP contribution < -0.4 is 10.6 Å². The first-order chi connectivity index (χ1) is 13.0. The summed E-state index contributed by atoms with van der Waals surface area (Å²) >= 11 is 0. The fraction of sp³-hybridized carbons (Fsp3) is 0.696. The van der Waals surface area contributed by atoms with Crippen LogP contribution in [0.2, 0.25) is 0 Å². The van der Waals surface area contributed by atoms with Gasteiger partial charge in [0, 0.05) is 6.04 Å². The van der Waals surface area contributed by atoms with Crippen molar-refractivity contribution in [3.05, 3.63) is 35.4 Å². The zero-order valence-corrected chi connectivity index (χ0v) is 17.0. The lowest BCUT2D eigenvalue weighted by molar-refractivity contribution is 0.0869. The van der Waals surface area contributed by atoms with Gasteiger partial charge in [0.2, 0.25) is 0 Å². The van der Waals surface area contributed by atoms with E-state index in [0.717, 1.165) is 18.4 Å². The summed E-state index contributed by atoms with van der Waals surface area (Å²) in [5, 5.41) is 17.0. The van der Waals surface area contributed by atoms with E-state index in [9.17, 15) is 9.90 Å². The molecule has 150 valence electrons. The molecule has 2 aliphatic carbocycles. The van der Waals surface area contributed by atoms with E-state index in [1.165, 1.54) is 50.5 Å². The van der Waals surface area contributed by atoms with Gasteiger partial charge < -0.3 is 15.7 Å². The Bertz CT molecular complexity index is 619. The third-order valence-corrected chi connectivity index (χ3v) is 6.36. The van der Waals surface area contributed by atoms with Crippen molar-refractivity contribution in [3.63, 3.8) is 0 Å². The van der Waals surface area contributed by atoms with Gasteiger partial charge in [-0.15, -0.1) is 0 Å². The molecule has 0 spiro atoms. The predicted molar refractivity (Wildman–Crippen MR) is 110 cm³/mol. The minimum atomic E-state index is -0.565. The zero-order chi connectivity index (χ0) is 19.3. The Morgan fingerprint density at radius 2 is 1.56 bits per heavy atom. The molecule has 4 nitrogen and oxygen atoms in total. The molecule has 3 N–H and O–H groups in total. The van der Waals surface area contributed by atoms with Crippen LogP contribution in [0.3, 0.4) is 0 Å². The lowest BCUT2D eigenvalue weighted by atomic mass is 9.70. The Balaban J connectivity index is 1.64. The van der Waals surface area contributed by atoms with Crippen LogP contribution in [0.5, 0.6) is 0 Å². The molecule has 2 aliphatic rings. The van der Waals surface area contributed by atoms with E-state index in [1.807, 2.05) is 18.2 Å². The molecule has 0 aromatic heterocycles. The third-order valence-electron chi connectivity index (χ3n) is 6.36. The summed E-state index contributed by atoms with van der Waals surface area (Å²) < 4.78 is 0. The van der Waals surface area contributed by atoms with Crippen LogP contribution in [0, 0.1) is 0 Å². The Kier molecular flexibility index (Phi) is 6.80. The van der Waals surface area contributed by atoms with Gasteiger partial charge in [0.15, 0.2) is 0 Å². The molecule has 0 bridgehead atoms. The topological polar surface area (TPSA) is 61.4 Å². The van der Waals surface area contributed by atoms with Gasteiger partial charge in [-0.1, -0.05) is 83.1 Å². The van der Waals surface area contributed by atoms with Crippen molar-refractivity contribution < 1.29 is 9.90 Å². The number of aliphatic hydroxyl groups is 1. The molecule has 1 saturated carbocycles. The van der Waals surface area contributed by atoms with Crippen molar-refractivity contribution in [2.45, 2.75) is 102 Å². The van der Waals surface area contributed by atoms with Crippen LogP contribution in [0.15, 0.2) is 24.3 Å². The lowest BCUT2D eigenvalue weighted by Crippen LogP contribution is -2.49. The second-order valence-electron chi connectivity index (χ2n) is 9.09. The molecule has 0 heterocycles. The number of amides is 2.